The van der Waals surface area contributed by atoms with Gasteiger partial charge in [0.25, 0.3) is 11.9 Å². The van der Waals surface area contributed by atoms with E-state index in [1.165, 1.54) is 9.36 Å². The van der Waals surface area contributed by atoms with Gasteiger partial charge in [-0.05, 0) is 31.5 Å². The molecule has 0 fully saturated rings. The van der Waals surface area contributed by atoms with E-state index in [2.05, 4.69) is 25.1 Å². The molecule has 0 aromatic carbocycles. The number of rotatable bonds is 2. The third-order valence-electron chi connectivity index (χ3n) is 2.69. The smallest absolute Gasteiger partial charge is 0.206 e. The predicted octanol–water partition coefficient (Wildman–Crippen LogP) is 2.17. The highest BCUT2D eigenvalue weighted by Gasteiger charge is 2.15. The van der Waals surface area contributed by atoms with E-state index in [-0.39, 0.29) is 5.28 Å². The van der Waals surface area contributed by atoms with Gasteiger partial charge in [-0.25, -0.2) is 9.36 Å². The van der Waals surface area contributed by atoms with Crippen LogP contribution in [0.3, 0.4) is 0 Å². The summed E-state index contributed by atoms with van der Waals surface area (Å²) in [4.78, 5) is 12.4. The van der Waals surface area contributed by atoms with Crippen molar-refractivity contribution in [3.63, 3.8) is 0 Å². The van der Waals surface area contributed by atoms with Gasteiger partial charge in [-0.3, -0.25) is 0 Å². The molecule has 102 valence electrons. The molecule has 0 saturated heterocycles. The fourth-order valence-electron chi connectivity index (χ4n) is 1.73. The third-order valence-corrected chi connectivity index (χ3v) is 3.40. The summed E-state index contributed by atoms with van der Waals surface area (Å²) in [5.41, 5.74) is 1.43. The van der Waals surface area contributed by atoms with Gasteiger partial charge in [0.1, 0.15) is 0 Å². The Balaban J connectivity index is 2.17. The molecule has 0 amide bonds. The first-order valence-electron chi connectivity index (χ1n) is 5.70. The number of halogens is 2. The molecule has 20 heavy (non-hydrogen) atoms. The number of nitrogens with zero attached hydrogens (tertiary/aromatic N) is 7. The lowest BCUT2D eigenvalue weighted by atomic mass is 10.4. The van der Waals surface area contributed by atoms with Gasteiger partial charge < -0.3 is 0 Å². The summed E-state index contributed by atoms with van der Waals surface area (Å²) in [6.07, 6.45) is 3.33. The average Bonchev–Trinajstić information content (AvgIpc) is 3.03. The number of hydrogen-bond acceptors (Lipinski definition) is 5. The molecule has 0 bridgehead atoms. The van der Waals surface area contributed by atoms with Crippen LogP contribution in [0.4, 0.5) is 0 Å². The first-order valence-corrected chi connectivity index (χ1v) is 6.45. The SMILES string of the molecule is Cc1nn(-c2nc(Cl)nc(-n3cccn3)n2)c(C)c1Cl. The molecule has 0 radical (unpaired) electrons. The Morgan fingerprint density at radius 1 is 1.05 bits per heavy atom. The van der Waals surface area contributed by atoms with Crippen LogP contribution in [-0.2, 0) is 0 Å². The van der Waals surface area contributed by atoms with Gasteiger partial charge in [0, 0.05) is 12.4 Å². The number of aromatic nitrogens is 7. The van der Waals surface area contributed by atoms with E-state index in [4.69, 9.17) is 23.2 Å². The maximum atomic E-state index is 6.12. The van der Waals surface area contributed by atoms with Crippen LogP contribution in [0.15, 0.2) is 18.5 Å². The minimum Gasteiger partial charge on any atom is -0.206 e. The molecule has 7 nitrogen and oxygen atoms in total. The highest BCUT2D eigenvalue weighted by Crippen LogP contribution is 2.21. The van der Waals surface area contributed by atoms with Crippen molar-refractivity contribution in [2.75, 3.05) is 0 Å². The molecule has 0 aliphatic carbocycles. The Hall–Kier alpha value is -1.99. The molecular weight excluding hydrogens is 301 g/mol. The quantitative estimate of drug-likeness (QED) is 0.725. The second-order valence-electron chi connectivity index (χ2n) is 4.05. The largest absolute Gasteiger partial charge is 0.257 e. The molecule has 0 atom stereocenters. The molecule has 3 heterocycles. The van der Waals surface area contributed by atoms with Gasteiger partial charge in [0.15, 0.2) is 0 Å². The maximum Gasteiger partial charge on any atom is 0.257 e. The van der Waals surface area contributed by atoms with Crippen molar-refractivity contribution in [2.45, 2.75) is 13.8 Å². The molecule has 0 unspecified atom stereocenters. The lowest BCUT2D eigenvalue weighted by Gasteiger charge is -2.05. The molecule has 0 spiro atoms. The van der Waals surface area contributed by atoms with E-state index in [1.807, 2.05) is 13.8 Å². The Kier molecular flexibility index (Phi) is 3.15. The lowest BCUT2D eigenvalue weighted by molar-refractivity contribution is 0.728. The Morgan fingerprint density at radius 2 is 1.80 bits per heavy atom. The first-order chi connectivity index (χ1) is 9.56. The zero-order chi connectivity index (χ0) is 14.3. The Bertz CT molecular complexity index is 763. The van der Waals surface area contributed by atoms with Crippen LogP contribution < -0.4 is 0 Å². The molecule has 0 aliphatic heterocycles. The topological polar surface area (TPSA) is 74.3 Å². The van der Waals surface area contributed by atoms with Crippen molar-refractivity contribution in [3.05, 3.63) is 40.2 Å². The van der Waals surface area contributed by atoms with Gasteiger partial charge in [-0.15, -0.1) is 0 Å². The molecule has 3 aromatic rings. The fraction of sp³-hybridized carbons (Fsp3) is 0.182. The summed E-state index contributed by atoms with van der Waals surface area (Å²) in [5, 5.41) is 8.98. The Labute approximate surface area is 124 Å². The molecule has 0 aliphatic rings. The highest BCUT2D eigenvalue weighted by atomic mass is 35.5. The maximum absolute atomic E-state index is 6.12. The van der Waals surface area contributed by atoms with E-state index >= 15 is 0 Å². The summed E-state index contributed by atoms with van der Waals surface area (Å²) in [5.74, 6) is 0.608. The zero-order valence-electron chi connectivity index (χ0n) is 10.6. The molecule has 0 N–H and O–H groups in total. The molecule has 3 aromatic heterocycles. The van der Waals surface area contributed by atoms with Crippen molar-refractivity contribution in [3.8, 4) is 11.9 Å². The van der Waals surface area contributed by atoms with Crippen molar-refractivity contribution in [1.29, 1.82) is 0 Å². The monoisotopic (exact) mass is 309 g/mol. The van der Waals surface area contributed by atoms with Crippen LogP contribution in [0.5, 0.6) is 0 Å². The minimum atomic E-state index is 0.0594. The van der Waals surface area contributed by atoms with Crippen LogP contribution in [0.2, 0.25) is 10.3 Å². The second kappa shape index (κ2) is 4.84. The van der Waals surface area contributed by atoms with Gasteiger partial charge in [0.05, 0.1) is 16.4 Å². The van der Waals surface area contributed by atoms with Gasteiger partial charge in [0.2, 0.25) is 5.28 Å². The summed E-state index contributed by atoms with van der Waals surface area (Å²) in [6.45, 7) is 3.64. The molecule has 9 heteroatoms. The van der Waals surface area contributed by atoms with Crippen molar-refractivity contribution in [1.82, 2.24) is 34.5 Å². The van der Waals surface area contributed by atoms with Crippen LogP contribution in [0, 0.1) is 13.8 Å². The lowest BCUT2D eigenvalue weighted by Crippen LogP contribution is -2.11. The van der Waals surface area contributed by atoms with Crippen molar-refractivity contribution < 1.29 is 0 Å². The first kappa shape index (κ1) is 13.0. The molecular formula is C11H9Cl2N7. The van der Waals surface area contributed by atoms with Crippen LogP contribution in [0.1, 0.15) is 11.4 Å². The third kappa shape index (κ3) is 2.14. The fourth-order valence-corrected chi connectivity index (χ4v) is 2.00. The number of aryl methyl sites for hydroxylation is 1. The number of hydrogen-bond donors (Lipinski definition) is 0. The summed E-state index contributed by atoms with van der Waals surface area (Å²) in [7, 11) is 0. The average molecular weight is 310 g/mol. The van der Waals surface area contributed by atoms with Gasteiger partial charge >= 0.3 is 0 Å². The second-order valence-corrected chi connectivity index (χ2v) is 4.77. The standard InChI is InChI=1S/C11H9Cl2N7/c1-6-8(12)7(2)20(18-6)11-16-9(13)15-10(17-11)19-5-3-4-14-19/h3-5H,1-2H3. The van der Waals surface area contributed by atoms with Gasteiger partial charge in [-0.2, -0.15) is 25.1 Å². The van der Waals surface area contributed by atoms with E-state index in [9.17, 15) is 0 Å². The van der Waals surface area contributed by atoms with E-state index < -0.39 is 0 Å². The summed E-state index contributed by atoms with van der Waals surface area (Å²) in [6, 6.07) is 1.76. The van der Waals surface area contributed by atoms with Crippen LogP contribution in [-0.4, -0.2) is 34.5 Å². The van der Waals surface area contributed by atoms with Crippen LogP contribution in [0.25, 0.3) is 11.9 Å². The minimum absolute atomic E-state index is 0.0594. The zero-order valence-corrected chi connectivity index (χ0v) is 12.1. The van der Waals surface area contributed by atoms with E-state index in [1.54, 1.807) is 18.5 Å². The summed E-state index contributed by atoms with van der Waals surface area (Å²) >= 11 is 12.1. The van der Waals surface area contributed by atoms with Crippen molar-refractivity contribution >= 4 is 23.2 Å². The molecule has 3 rings (SSSR count). The normalized spacial score (nSPS) is 11.0. The van der Waals surface area contributed by atoms with E-state index in [0.29, 0.717) is 22.6 Å². The Morgan fingerprint density at radius 3 is 2.40 bits per heavy atom. The van der Waals surface area contributed by atoms with E-state index in [0.717, 1.165) is 5.69 Å². The highest BCUT2D eigenvalue weighted by molar-refractivity contribution is 6.31. The van der Waals surface area contributed by atoms with Crippen molar-refractivity contribution in [2.24, 2.45) is 0 Å². The molecule has 0 saturated carbocycles. The predicted molar refractivity (Wildman–Crippen MR) is 73.6 cm³/mol. The van der Waals surface area contributed by atoms with Gasteiger partial charge in [-0.1, -0.05) is 11.6 Å². The van der Waals surface area contributed by atoms with Crippen LogP contribution >= 0.6 is 23.2 Å². The summed E-state index contributed by atoms with van der Waals surface area (Å²) < 4.78 is 3.02.